The van der Waals surface area contributed by atoms with Crippen molar-refractivity contribution < 1.29 is 9.59 Å². The van der Waals surface area contributed by atoms with Crippen molar-refractivity contribution >= 4 is 46.8 Å². The summed E-state index contributed by atoms with van der Waals surface area (Å²) in [6, 6.07) is 11.0. The van der Waals surface area contributed by atoms with Gasteiger partial charge >= 0.3 is 0 Å². The minimum absolute atomic E-state index is 0.117. The first-order valence-electron chi connectivity index (χ1n) is 10.9. The van der Waals surface area contributed by atoms with Crippen LogP contribution in [0, 0.1) is 13.8 Å². The number of carbonyl (C=O) groups is 2. The number of unbranched alkanes of at least 4 members (excludes halogenated alkanes) is 1. The first-order valence-corrected chi connectivity index (χ1v) is 12.8. The lowest BCUT2D eigenvalue weighted by Crippen LogP contribution is -2.48. The fourth-order valence-electron chi connectivity index (χ4n) is 3.46. The van der Waals surface area contributed by atoms with Gasteiger partial charge in [0.15, 0.2) is 0 Å². The van der Waals surface area contributed by atoms with Crippen molar-refractivity contribution in [3.05, 3.63) is 68.7 Å². The molecule has 2 aromatic rings. The predicted molar refractivity (Wildman–Crippen MR) is 136 cm³/mol. The molecule has 1 atom stereocenters. The quantitative estimate of drug-likeness (QED) is 0.379. The molecular formula is C25H32Cl2N2O2S. The second kappa shape index (κ2) is 13.1. The van der Waals surface area contributed by atoms with Crippen LogP contribution >= 0.6 is 35.0 Å². The summed E-state index contributed by atoms with van der Waals surface area (Å²) in [5, 5.41) is 3.89. The predicted octanol–water partition coefficient (Wildman–Crippen LogP) is 6.18. The monoisotopic (exact) mass is 494 g/mol. The van der Waals surface area contributed by atoms with Gasteiger partial charge in [-0.15, -0.1) is 11.8 Å². The molecule has 0 fully saturated rings. The van der Waals surface area contributed by atoms with Crippen molar-refractivity contribution in [2.75, 3.05) is 12.3 Å². The van der Waals surface area contributed by atoms with Crippen LogP contribution in [-0.2, 0) is 21.9 Å². The van der Waals surface area contributed by atoms with E-state index < -0.39 is 6.04 Å². The van der Waals surface area contributed by atoms with Crippen LogP contribution in [-0.4, -0.2) is 35.1 Å². The number of halogens is 2. The first kappa shape index (κ1) is 26.6. The molecular weight excluding hydrogens is 463 g/mol. The van der Waals surface area contributed by atoms with Crippen LogP contribution in [0.25, 0.3) is 0 Å². The Balaban J connectivity index is 2.12. The van der Waals surface area contributed by atoms with Crippen LogP contribution in [0.3, 0.4) is 0 Å². The molecule has 2 rings (SSSR count). The number of aryl methyl sites for hydroxylation is 2. The lowest BCUT2D eigenvalue weighted by atomic mass is 10.1. The summed E-state index contributed by atoms with van der Waals surface area (Å²) in [5.41, 5.74) is 4.25. The highest BCUT2D eigenvalue weighted by Crippen LogP contribution is 2.27. The number of nitrogens with one attached hydrogen (secondary N) is 1. The minimum atomic E-state index is -0.631. The molecule has 0 spiro atoms. The summed E-state index contributed by atoms with van der Waals surface area (Å²) >= 11 is 14.2. The molecule has 174 valence electrons. The summed E-state index contributed by atoms with van der Waals surface area (Å²) in [6.45, 7) is 8.73. The summed E-state index contributed by atoms with van der Waals surface area (Å²) in [7, 11) is 0. The van der Waals surface area contributed by atoms with Gasteiger partial charge in [-0.2, -0.15) is 0 Å². The molecule has 0 aliphatic rings. The van der Waals surface area contributed by atoms with E-state index in [0.717, 1.165) is 18.6 Å². The van der Waals surface area contributed by atoms with Crippen LogP contribution in [0.2, 0.25) is 10.0 Å². The number of rotatable bonds is 11. The molecule has 0 aliphatic carbocycles. The topological polar surface area (TPSA) is 49.4 Å². The van der Waals surface area contributed by atoms with E-state index >= 15 is 0 Å². The summed E-state index contributed by atoms with van der Waals surface area (Å²) < 4.78 is 0. The van der Waals surface area contributed by atoms with Crippen molar-refractivity contribution in [1.82, 2.24) is 10.2 Å². The molecule has 0 aromatic heterocycles. The van der Waals surface area contributed by atoms with E-state index in [9.17, 15) is 9.59 Å². The zero-order valence-corrected chi connectivity index (χ0v) is 21.5. The Morgan fingerprint density at radius 3 is 2.31 bits per heavy atom. The van der Waals surface area contributed by atoms with Gasteiger partial charge < -0.3 is 10.2 Å². The molecule has 4 nitrogen and oxygen atoms in total. The highest BCUT2D eigenvalue weighted by molar-refractivity contribution is 7.99. The Morgan fingerprint density at radius 2 is 1.72 bits per heavy atom. The Hall–Kier alpha value is -1.69. The van der Waals surface area contributed by atoms with Gasteiger partial charge in [0.05, 0.1) is 5.75 Å². The van der Waals surface area contributed by atoms with Gasteiger partial charge in [0.2, 0.25) is 11.8 Å². The average molecular weight is 496 g/mol. The third-order valence-electron chi connectivity index (χ3n) is 5.16. The van der Waals surface area contributed by atoms with Gasteiger partial charge in [-0.1, -0.05) is 71.9 Å². The lowest BCUT2D eigenvalue weighted by molar-refractivity contribution is -0.138. The van der Waals surface area contributed by atoms with Crippen LogP contribution in [0.4, 0.5) is 0 Å². The van der Waals surface area contributed by atoms with E-state index in [2.05, 4.69) is 44.3 Å². The van der Waals surface area contributed by atoms with Crippen molar-refractivity contribution in [3.8, 4) is 0 Å². The SMILES string of the molecule is CCCCNC(=O)C(C)N(Cc1c(Cl)cccc1Cl)C(=O)CSCc1cc(C)cc(C)c1. The smallest absolute Gasteiger partial charge is 0.242 e. The van der Waals surface area contributed by atoms with E-state index in [1.54, 1.807) is 41.8 Å². The van der Waals surface area contributed by atoms with Crippen LogP contribution in [0.5, 0.6) is 0 Å². The molecule has 0 saturated carbocycles. The van der Waals surface area contributed by atoms with E-state index in [-0.39, 0.29) is 24.1 Å². The summed E-state index contributed by atoms with van der Waals surface area (Å²) in [4.78, 5) is 27.5. The van der Waals surface area contributed by atoms with Crippen LogP contribution < -0.4 is 5.32 Å². The molecule has 0 heterocycles. The van der Waals surface area contributed by atoms with Crippen LogP contribution in [0.1, 0.15) is 48.9 Å². The number of carbonyl (C=O) groups excluding carboxylic acids is 2. The summed E-state index contributed by atoms with van der Waals surface area (Å²) in [5.74, 6) is 0.705. The maximum atomic E-state index is 13.2. The van der Waals surface area contributed by atoms with Crippen molar-refractivity contribution in [1.29, 1.82) is 0 Å². The second-order valence-electron chi connectivity index (χ2n) is 8.03. The molecule has 1 unspecified atom stereocenters. The molecule has 0 aliphatic heterocycles. The van der Waals surface area contributed by atoms with E-state index in [1.165, 1.54) is 16.7 Å². The van der Waals surface area contributed by atoms with E-state index in [0.29, 0.717) is 22.2 Å². The highest BCUT2D eigenvalue weighted by Gasteiger charge is 2.27. The molecule has 2 aromatic carbocycles. The Kier molecular flexibility index (Phi) is 10.9. The number of amides is 2. The largest absolute Gasteiger partial charge is 0.354 e. The minimum Gasteiger partial charge on any atom is -0.354 e. The van der Waals surface area contributed by atoms with Gasteiger partial charge in [-0.25, -0.2) is 0 Å². The standard InChI is InChI=1S/C25H32Cl2N2O2S/c1-5-6-10-28-25(31)19(4)29(14-21-22(26)8-7-9-23(21)27)24(30)16-32-15-20-12-17(2)11-18(3)13-20/h7-9,11-13,19H,5-6,10,14-16H2,1-4H3,(H,28,31). The van der Waals surface area contributed by atoms with Gasteiger partial charge in [0.1, 0.15) is 6.04 Å². The van der Waals surface area contributed by atoms with Crippen molar-refractivity contribution in [2.45, 2.75) is 58.9 Å². The van der Waals surface area contributed by atoms with Gasteiger partial charge in [-0.05, 0) is 44.9 Å². The zero-order chi connectivity index (χ0) is 23.7. The molecule has 0 radical (unpaired) electrons. The zero-order valence-electron chi connectivity index (χ0n) is 19.2. The number of thioether (sulfide) groups is 1. The van der Waals surface area contributed by atoms with Gasteiger partial charge in [-0.3, -0.25) is 9.59 Å². The van der Waals surface area contributed by atoms with Crippen molar-refractivity contribution in [2.24, 2.45) is 0 Å². The fraction of sp³-hybridized carbons (Fsp3) is 0.440. The molecule has 0 bridgehead atoms. The van der Waals surface area contributed by atoms with E-state index in [1.807, 2.05) is 0 Å². The third kappa shape index (κ3) is 8.02. The maximum Gasteiger partial charge on any atom is 0.242 e. The van der Waals surface area contributed by atoms with Crippen LogP contribution in [0.15, 0.2) is 36.4 Å². The molecule has 32 heavy (non-hydrogen) atoms. The first-order chi connectivity index (χ1) is 15.2. The normalized spacial score (nSPS) is 11.8. The van der Waals surface area contributed by atoms with E-state index in [4.69, 9.17) is 23.2 Å². The average Bonchev–Trinajstić information content (AvgIpc) is 2.72. The number of hydrogen-bond acceptors (Lipinski definition) is 3. The Labute approximate surface area is 206 Å². The number of nitrogens with zero attached hydrogens (tertiary/aromatic N) is 1. The molecule has 1 N–H and O–H groups in total. The van der Waals surface area contributed by atoms with Crippen molar-refractivity contribution in [3.63, 3.8) is 0 Å². The fourth-order valence-corrected chi connectivity index (χ4v) is 4.83. The highest BCUT2D eigenvalue weighted by atomic mass is 35.5. The Bertz CT molecular complexity index is 896. The van der Waals surface area contributed by atoms with Gasteiger partial charge in [0.25, 0.3) is 0 Å². The molecule has 7 heteroatoms. The third-order valence-corrected chi connectivity index (χ3v) is 6.86. The maximum absolute atomic E-state index is 13.2. The van der Waals surface area contributed by atoms with Gasteiger partial charge in [0, 0.05) is 34.5 Å². The molecule has 0 saturated heterocycles. The number of benzene rings is 2. The second-order valence-corrected chi connectivity index (χ2v) is 9.83. The number of hydrogen-bond donors (Lipinski definition) is 1. The summed E-state index contributed by atoms with van der Waals surface area (Å²) in [6.07, 6.45) is 1.89. The molecule has 2 amide bonds. The lowest BCUT2D eigenvalue weighted by Gasteiger charge is -2.29. The Morgan fingerprint density at radius 1 is 1.09 bits per heavy atom.